The topological polar surface area (TPSA) is 27.3 Å². The highest BCUT2D eigenvalue weighted by molar-refractivity contribution is 5.15. The Morgan fingerprint density at radius 3 is 2.05 bits per heavy atom. The molecule has 20 heavy (non-hydrogen) atoms. The van der Waals surface area contributed by atoms with Gasteiger partial charge in [0.2, 0.25) is 0 Å². The Balaban J connectivity index is 1.72. The van der Waals surface area contributed by atoms with E-state index in [1.165, 1.54) is 58.0 Å². The zero-order chi connectivity index (χ0) is 14.4. The van der Waals surface area contributed by atoms with E-state index in [1.54, 1.807) is 0 Å². The molecule has 0 aromatic rings. The van der Waals surface area contributed by atoms with Crippen LogP contribution in [0.5, 0.6) is 0 Å². The lowest BCUT2D eigenvalue weighted by atomic mass is 9.84. The predicted octanol–water partition coefficient (Wildman–Crippen LogP) is 2.86. The van der Waals surface area contributed by atoms with Crippen molar-refractivity contribution in [3.8, 4) is 0 Å². The Bertz CT molecular complexity index is 339. The van der Waals surface area contributed by atoms with Crippen LogP contribution in [0.15, 0.2) is 0 Å². The predicted molar refractivity (Wildman–Crippen MR) is 84.8 cm³/mol. The van der Waals surface area contributed by atoms with E-state index in [1.807, 2.05) is 0 Å². The third kappa shape index (κ3) is 2.53. The summed E-state index contributed by atoms with van der Waals surface area (Å²) in [5.41, 5.74) is 0.501. The first-order valence-electron chi connectivity index (χ1n) is 8.66. The molecule has 2 aliphatic heterocycles. The summed E-state index contributed by atoms with van der Waals surface area (Å²) >= 11 is 0. The van der Waals surface area contributed by atoms with E-state index in [4.69, 9.17) is 0 Å². The quantitative estimate of drug-likeness (QED) is 0.773. The van der Waals surface area contributed by atoms with Crippen LogP contribution in [0.4, 0.5) is 0 Å². The highest BCUT2D eigenvalue weighted by Gasteiger charge is 2.54. The van der Waals surface area contributed by atoms with Crippen molar-refractivity contribution in [3.05, 3.63) is 0 Å². The summed E-state index contributed by atoms with van der Waals surface area (Å²) in [6.45, 7) is 12.0. The average molecular weight is 279 g/mol. The van der Waals surface area contributed by atoms with E-state index in [2.05, 4.69) is 43.2 Å². The molecule has 1 unspecified atom stereocenters. The maximum Gasteiger partial charge on any atom is 0.0711 e. The van der Waals surface area contributed by atoms with Crippen molar-refractivity contribution in [1.29, 1.82) is 0 Å². The highest BCUT2D eigenvalue weighted by Crippen LogP contribution is 2.40. The zero-order valence-electron chi connectivity index (χ0n) is 13.9. The molecule has 1 atom stereocenters. The summed E-state index contributed by atoms with van der Waals surface area (Å²) in [4.78, 5) is 2.77. The largest absolute Gasteiger partial charge is 0.300 e. The SMILES string of the molecule is CC1(C)NC2(CCCC(N3CCCCC3)C2)NC1(C)C. The van der Waals surface area contributed by atoms with Crippen LogP contribution in [0.2, 0.25) is 0 Å². The van der Waals surface area contributed by atoms with E-state index >= 15 is 0 Å². The van der Waals surface area contributed by atoms with Crippen LogP contribution in [-0.4, -0.2) is 40.8 Å². The molecular weight excluding hydrogens is 246 g/mol. The molecule has 1 saturated carbocycles. The molecular formula is C17H33N3. The maximum atomic E-state index is 3.97. The molecule has 116 valence electrons. The van der Waals surface area contributed by atoms with Crippen LogP contribution in [0.1, 0.15) is 72.6 Å². The molecule has 3 fully saturated rings. The number of nitrogens with zero attached hydrogens (tertiary/aromatic N) is 1. The Kier molecular flexibility index (Phi) is 3.67. The van der Waals surface area contributed by atoms with Gasteiger partial charge in [-0.05, 0) is 79.3 Å². The number of piperidine rings is 1. The lowest BCUT2D eigenvalue weighted by Crippen LogP contribution is -2.59. The van der Waals surface area contributed by atoms with E-state index in [-0.39, 0.29) is 16.7 Å². The normalized spacial score (nSPS) is 36.3. The van der Waals surface area contributed by atoms with E-state index < -0.39 is 0 Å². The number of hydrogen-bond acceptors (Lipinski definition) is 3. The van der Waals surface area contributed by atoms with Crippen molar-refractivity contribution >= 4 is 0 Å². The Hall–Kier alpha value is -0.120. The van der Waals surface area contributed by atoms with Gasteiger partial charge in [-0.2, -0.15) is 0 Å². The Morgan fingerprint density at radius 2 is 1.45 bits per heavy atom. The molecule has 2 N–H and O–H groups in total. The van der Waals surface area contributed by atoms with Gasteiger partial charge in [-0.15, -0.1) is 0 Å². The molecule has 3 heteroatoms. The summed E-state index contributed by atoms with van der Waals surface area (Å²) in [5.74, 6) is 0. The van der Waals surface area contributed by atoms with Gasteiger partial charge in [0.05, 0.1) is 5.66 Å². The zero-order valence-corrected chi connectivity index (χ0v) is 13.9. The summed E-state index contributed by atoms with van der Waals surface area (Å²) in [5, 5.41) is 7.93. The number of nitrogens with one attached hydrogen (secondary N) is 2. The maximum absolute atomic E-state index is 3.97. The van der Waals surface area contributed by atoms with E-state index in [0.717, 1.165) is 6.04 Å². The first-order chi connectivity index (χ1) is 9.34. The van der Waals surface area contributed by atoms with E-state index in [9.17, 15) is 0 Å². The lowest BCUT2D eigenvalue weighted by Gasteiger charge is -2.45. The summed E-state index contributed by atoms with van der Waals surface area (Å²) in [6, 6.07) is 0.786. The van der Waals surface area contributed by atoms with Crippen LogP contribution < -0.4 is 10.6 Å². The molecule has 3 aliphatic rings. The van der Waals surface area contributed by atoms with Crippen molar-refractivity contribution in [2.45, 2.75) is 95.4 Å². The molecule has 0 amide bonds. The molecule has 3 rings (SSSR count). The van der Waals surface area contributed by atoms with Crippen molar-refractivity contribution in [1.82, 2.24) is 15.5 Å². The van der Waals surface area contributed by atoms with Gasteiger partial charge in [-0.3, -0.25) is 10.6 Å². The minimum Gasteiger partial charge on any atom is -0.300 e. The molecule has 2 heterocycles. The van der Waals surface area contributed by atoms with Gasteiger partial charge < -0.3 is 4.90 Å². The Labute approximate surface area is 124 Å². The van der Waals surface area contributed by atoms with Gasteiger partial charge in [0, 0.05) is 17.1 Å². The van der Waals surface area contributed by atoms with Gasteiger partial charge >= 0.3 is 0 Å². The summed E-state index contributed by atoms with van der Waals surface area (Å²) in [6.07, 6.45) is 9.55. The standard InChI is InChI=1S/C17H33N3/c1-15(2)16(3,4)19-17(18-15)10-8-9-14(13-17)20-11-6-5-7-12-20/h14,18-19H,5-13H2,1-4H3. The van der Waals surface area contributed by atoms with Gasteiger partial charge in [0.1, 0.15) is 0 Å². The molecule has 0 radical (unpaired) electrons. The molecule has 0 aromatic heterocycles. The second-order valence-corrected chi connectivity index (χ2v) is 8.43. The minimum atomic E-state index is 0.163. The van der Waals surface area contributed by atoms with E-state index in [0.29, 0.717) is 0 Å². The first-order valence-corrected chi connectivity index (χ1v) is 8.66. The highest BCUT2D eigenvalue weighted by atomic mass is 15.4. The number of rotatable bonds is 1. The molecule has 0 aromatic carbocycles. The lowest BCUT2D eigenvalue weighted by molar-refractivity contribution is 0.0765. The van der Waals surface area contributed by atoms with Crippen LogP contribution >= 0.6 is 0 Å². The molecule has 1 aliphatic carbocycles. The van der Waals surface area contributed by atoms with Crippen LogP contribution in [0.3, 0.4) is 0 Å². The molecule has 3 nitrogen and oxygen atoms in total. The van der Waals surface area contributed by atoms with Gasteiger partial charge in [0.15, 0.2) is 0 Å². The van der Waals surface area contributed by atoms with Gasteiger partial charge in [0.25, 0.3) is 0 Å². The minimum absolute atomic E-state index is 0.163. The van der Waals surface area contributed by atoms with Gasteiger partial charge in [-0.25, -0.2) is 0 Å². The van der Waals surface area contributed by atoms with Crippen LogP contribution in [-0.2, 0) is 0 Å². The van der Waals surface area contributed by atoms with Gasteiger partial charge in [-0.1, -0.05) is 6.42 Å². The number of hydrogen-bond donors (Lipinski definition) is 2. The fourth-order valence-electron chi connectivity index (χ4n) is 4.61. The molecule has 2 saturated heterocycles. The molecule has 1 spiro atoms. The van der Waals surface area contributed by atoms with Crippen LogP contribution in [0, 0.1) is 0 Å². The van der Waals surface area contributed by atoms with Crippen molar-refractivity contribution in [2.75, 3.05) is 13.1 Å². The second-order valence-electron chi connectivity index (χ2n) is 8.43. The average Bonchev–Trinajstić information content (AvgIpc) is 2.55. The second kappa shape index (κ2) is 4.96. The smallest absolute Gasteiger partial charge is 0.0711 e. The first kappa shape index (κ1) is 14.8. The fraction of sp³-hybridized carbons (Fsp3) is 1.00. The van der Waals surface area contributed by atoms with Crippen molar-refractivity contribution < 1.29 is 0 Å². The third-order valence-corrected chi connectivity index (χ3v) is 6.30. The molecule has 0 bridgehead atoms. The summed E-state index contributed by atoms with van der Waals surface area (Å²) < 4.78 is 0. The number of likely N-dealkylation sites (tertiary alicyclic amines) is 1. The third-order valence-electron chi connectivity index (χ3n) is 6.30. The fourth-order valence-corrected chi connectivity index (χ4v) is 4.61. The van der Waals surface area contributed by atoms with Crippen molar-refractivity contribution in [2.24, 2.45) is 0 Å². The monoisotopic (exact) mass is 279 g/mol. The van der Waals surface area contributed by atoms with Crippen LogP contribution in [0.25, 0.3) is 0 Å². The van der Waals surface area contributed by atoms with Crippen molar-refractivity contribution in [3.63, 3.8) is 0 Å². The summed E-state index contributed by atoms with van der Waals surface area (Å²) in [7, 11) is 0. The Morgan fingerprint density at radius 1 is 0.850 bits per heavy atom.